The van der Waals surface area contributed by atoms with E-state index in [9.17, 15) is 22.4 Å². The average molecular weight is 434 g/mol. The van der Waals surface area contributed by atoms with Crippen molar-refractivity contribution in [3.05, 3.63) is 24.4 Å². The first-order valence-corrected chi connectivity index (χ1v) is 9.53. The van der Waals surface area contributed by atoms with Crippen LogP contribution in [0.15, 0.2) is 24.4 Å². The molecule has 1 amide bonds. The van der Waals surface area contributed by atoms with Crippen LogP contribution in [-0.4, -0.2) is 70.6 Å². The van der Waals surface area contributed by atoms with Gasteiger partial charge in [-0.05, 0) is 18.9 Å². The van der Waals surface area contributed by atoms with Crippen LogP contribution < -0.4 is 4.74 Å². The van der Waals surface area contributed by atoms with Crippen molar-refractivity contribution >= 4 is 11.9 Å². The summed E-state index contributed by atoms with van der Waals surface area (Å²) in [6.07, 6.45) is -1.73. The van der Waals surface area contributed by atoms with Crippen LogP contribution in [0.1, 0.15) is 25.7 Å². The summed E-state index contributed by atoms with van der Waals surface area (Å²) in [6.45, 7) is 1.83. The lowest BCUT2D eigenvalue weighted by Crippen LogP contribution is -2.68. The molecule has 2 aliphatic heterocycles. The zero-order valence-corrected chi connectivity index (χ0v) is 16.0. The number of hydrogen-bond acceptors (Lipinski definition) is 5. The van der Waals surface area contributed by atoms with Crippen LogP contribution in [0, 0.1) is 5.92 Å². The van der Waals surface area contributed by atoms with Gasteiger partial charge in [-0.2, -0.15) is 13.2 Å². The van der Waals surface area contributed by atoms with Crippen molar-refractivity contribution in [2.75, 3.05) is 19.7 Å². The Balaban J connectivity index is 0.000000318. The molecule has 0 radical (unpaired) electrons. The summed E-state index contributed by atoms with van der Waals surface area (Å²) in [6, 6.07) is 5.61. The number of likely N-dealkylation sites (tertiary alicyclic amines) is 1. The monoisotopic (exact) mass is 434 g/mol. The Morgan fingerprint density at radius 2 is 1.93 bits per heavy atom. The van der Waals surface area contributed by atoms with E-state index in [1.54, 1.807) is 11.1 Å². The minimum atomic E-state index is -5.08. The van der Waals surface area contributed by atoms with E-state index in [1.165, 1.54) is 0 Å². The standard InChI is InChI=1S/C17H21FN2O3.C2HF3O2/c18-13-7-12(8-13)16(21)20-10-17(11-20)9-14(4-6-22-17)23-15-3-1-2-5-19-15;3-2(4,5)1(6)7/h1-3,5,12-14H,4,6-11H2;(H,6,7). The number of carbonyl (C=O) groups is 2. The van der Waals surface area contributed by atoms with Gasteiger partial charge in [0.15, 0.2) is 0 Å². The molecule has 0 aromatic carbocycles. The molecule has 1 unspecified atom stereocenters. The van der Waals surface area contributed by atoms with Gasteiger partial charge in [0.25, 0.3) is 0 Å². The predicted octanol–water partition coefficient (Wildman–Crippen LogP) is 2.60. The topological polar surface area (TPSA) is 89.0 Å². The van der Waals surface area contributed by atoms with Crippen molar-refractivity contribution in [2.45, 2.75) is 49.7 Å². The van der Waals surface area contributed by atoms with Crippen LogP contribution in [0.25, 0.3) is 0 Å². The highest BCUT2D eigenvalue weighted by Crippen LogP contribution is 2.39. The highest BCUT2D eigenvalue weighted by atomic mass is 19.4. The van der Waals surface area contributed by atoms with Crippen molar-refractivity contribution in [1.82, 2.24) is 9.88 Å². The number of nitrogens with zero attached hydrogens (tertiary/aromatic N) is 2. The molecule has 2 saturated heterocycles. The van der Waals surface area contributed by atoms with Gasteiger partial charge in [0.05, 0.1) is 19.7 Å². The quantitative estimate of drug-likeness (QED) is 0.736. The van der Waals surface area contributed by atoms with Gasteiger partial charge < -0.3 is 19.5 Å². The summed E-state index contributed by atoms with van der Waals surface area (Å²) in [7, 11) is 0. The molecule has 1 aliphatic carbocycles. The molecule has 1 N–H and O–H groups in total. The first-order chi connectivity index (χ1) is 14.1. The van der Waals surface area contributed by atoms with Gasteiger partial charge in [-0.1, -0.05) is 6.07 Å². The van der Waals surface area contributed by atoms with Crippen molar-refractivity contribution in [3.63, 3.8) is 0 Å². The van der Waals surface area contributed by atoms with E-state index in [2.05, 4.69) is 4.98 Å². The van der Waals surface area contributed by atoms with E-state index >= 15 is 0 Å². The van der Waals surface area contributed by atoms with Crippen LogP contribution in [0.4, 0.5) is 17.6 Å². The molecule has 3 aliphatic rings. The Kier molecular flexibility index (Phi) is 6.49. The van der Waals surface area contributed by atoms with E-state index in [1.807, 2.05) is 18.2 Å². The minimum absolute atomic E-state index is 0.0647. The normalized spacial score (nSPS) is 27.2. The lowest BCUT2D eigenvalue weighted by molar-refractivity contribution is -0.197. The maximum absolute atomic E-state index is 12.9. The van der Waals surface area contributed by atoms with Gasteiger partial charge in [0.1, 0.15) is 17.9 Å². The highest BCUT2D eigenvalue weighted by molar-refractivity contribution is 5.81. The van der Waals surface area contributed by atoms with Gasteiger partial charge in [-0.25, -0.2) is 14.2 Å². The van der Waals surface area contributed by atoms with E-state index in [0.717, 1.165) is 12.8 Å². The van der Waals surface area contributed by atoms with Crippen LogP contribution >= 0.6 is 0 Å². The van der Waals surface area contributed by atoms with Crippen LogP contribution in [-0.2, 0) is 14.3 Å². The van der Waals surface area contributed by atoms with E-state index in [-0.39, 0.29) is 23.5 Å². The zero-order valence-electron chi connectivity index (χ0n) is 16.0. The SMILES string of the molecule is O=C(C1CC(F)C1)N1CC2(CC(Oc3ccccn3)CCO2)C1.O=C(O)C(F)(F)F. The lowest BCUT2D eigenvalue weighted by Gasteiger charge is -2.54. The van der Waals surface area contributed by atoms with Crippen LogP contribution in [0.5, 0.6) is 5.88 Å². The van der Waals surface area contributed by atoms with Crippen molar-refractivity contribution in [3.8, 4) is 5.88 Å². The molecule has 30 heavy (non-hydrogen) atoms. The number of alkyl halides is 4. The third-order valence-electron chi connectivity index (χ3n) is 5.31. The number of carboxylic acid groups (broad SMARTS) is 1. The van der Waals surface area contributed by atoms with Gasteiger partial charge in [0.2, 0.25) is 11.8 Å². The van der Waals surface area contributed by atoms with Gasteiger partial charge in [0, 0.05) is 31.0 Å². The summed E-state index contributed by atoms with van der Waals surface area (Å²) < 4.78 is 56.5. The van der Waals surface area contributed by atoms with Crippen LogP contribution in [0.2, 0.25) is 0 Å². The number of pyridine rings is 1. The molecule has 3 fully saturated rings. The first-order valence-electron chi connectivity index (χ1n) is 9.53. The van der Waals surface area contributed by atoms with E-state index in [0.29, 0.717) is 38.4 Å². The van der Waals surface area contributed by atoms with Crippen molar-refractivity contribution in [2.24, 2.45) is 5.92 Å². The molecular formula is C19H22F4N2O5. The molecule has 1 atom stereocenters. The molecule has 1 aromatic heterocycles. The molecule has 4 rings (SSSR count). The maximum Gasteiger partial charge on any atom is 0.490 e. The fraction of sp³-hybridized carbons (Fsp3) is 0.632. The second-order valence-electron chi connectivity index (χ2n) is 7.69. The maximum atomic E-state index is 12.9. The highest BCUT2D eigenvalue weighted by Gasteiger charge is 2.52. The molecule has 1 spiro atoms. The summed E-state index contributed by atoms with van der Waals surface area (Å²) in [4.78, 5) is 27.1. The first kappa shape index (κ1) is 22.3. The van der Waals surface area contributed by atoms with Gasteiger partial charge in [-0.3, -0.25) is 4.79 Å². The summed E-state index contributed by atoms with van der Waals surface area (Å²) in [5.41, 5.74) is -0.285. The summed E-state index contributed by atoms with van der Waals surface area (Å²) >= 11 is 0. The Hall–Kier alpha value is -2.43. The van der Waals surface area contributed by atoms with Crippen molar-refractivity contribution in [1.29, 1.82) is 0 Å². The number of hydrogen-bond donors (Lipinski definition) is 1. The number of halogens is 4. The second-order valence-corrected chi connectivity index (χ2v) is 7.69. The molecule has 7 nitrogen and oxygen atoms in total. The lowest BCUT2D eigenvalue weighted by atomic mass is 9.79. The third-order valence-corrected chi connectivity index (χ3v) is 5.31. The smallest absolute Gasteiger partial charge is 0.475 e. The predicted molar refractivity (Wildman–Crippen MR) is 94.5 cm³/mol. The number of amides is 1. The van der Waals surface area contributed by atoms with Crippen molar-refractivity contribution < 1.29 is 41.7 Å². The van der Waals surface area contributed by atoms with Gasteiger partial charge in [-0.15, -0.1) is 0 Å². The largest absolute Gasteiger partial charge is 0.490 e. The zero-order chi connectivity index (χ0) is 21.9. The van der Waals surface area contributed by atoms with Gasteiger partial charge >= 0.3 is 12.1 Å². The average Bonchev–Trinajstić information content (AvgIpc) is 2.64. The Labute approximate surface area is 170 Å². The number of aliphatic carboxylic acids is 1. The molecule has 11 heteroatoms. The Bertz CT molecular complexity index is 749. The molecule has 3 heterocycles. The third kappa shape index (κ3) is 5.38. The molecular weight excluding hydrogens is 412 g/mol. The number of carboxylic acids is 1. The minimum Gasteiger partial charge on any atom is -0.475 e. The molecule has 1 saturated carbocycles. The fourth-order valence-electron chi connectivity index (χ4n) is 3.70. The number of ether oxygens (including phenoxy) is 2. The van der Waals surface area contributed by atoms with E-state index < -0.39 is 18.3 Å². The Morgan fingerprint density at radius 3 is 2.47 bits per heavy atom. The summed E-state index contributed by atoms with van der Waals surface area (Å²) in [5, 5.41) is 7.12. The van der Waals surface area contributed by atoms with Crippen LogP contribution in [0.3, 0.4) is 0 Å². The number of carbonyl (C=O) groups excluding carboxylic acids is 1. The molecule has 166 valence electrons. The fourth-order valence-corrected chi connectivity index (χ4v) is 3.70. The number of aromatic nitrogens is 1. The second kappa shape index (κ2) is 8.75. The molecule has 1 aromatic rings. The molecule has 0 bridgehead atoms. The summed E-state index contributed by atoms with van der Waals surface area (Å²) in [5.74, 6) is -2.16. The Morgan fingerprint density at radius 1 is 1.27 bits per heavy atom. The van der Waals surface area contributed by atoms with E-state index in [4.69, 9.17) is 19.4 Å². The number of rotatable bonds is 3.